The highest BCUT2D eigenvalue weighted by Crippen LogP contribution is 2.48. The van der Waals surface area contributed by atoms with E-state index in [-0.39, 0.29) is 17.3 Å². The maximum atomic E-state index is 15.6. The lowest BCUT2D eigenvalue weighted by Crippen LogP contribution is -2.41. The van der Waals surface area contributed by atoms with Gasteiger partial charge in [0.1, 0.15) is 23.3 Å². The number of ether oxygens (including phenoxy) is 1. The van der Waals surface area contributed by atoms with Crippen molar-refractivity contribution in [1.29, 1.82) is 0 Å². The van der Waals surface area contributed by atoms with Gasteiger partial charge in [0.15, 0.2) is 0 Å². The van der Waals surface area contributed by atoms with Gasteiger partial charge in [-0.05, 0) is 50.8 Å². The van der Waals surface area contributed by atoms with Crippen molar-refractivity contribution < 1.29 is 23.5 Å². The summed E-state index contributed by atoms with van der Waals surface area (Å²) in [5.74, 6) is 0.481. The van der Waals surface area contributed by atoms with Crippen LogP contribution in [-0.4, -0.2) is 29.5 Å². The molecule has 2 aliphatic rings. The SMILES string of the molecule is CC(C)(C)C1CC(=C(F)B2OC(C)(C)C(C)(C)O2)c2c(O)cccc2O1. The van der Waals surface area contributed by atoms with Gasteiger partial charge >= 0.3 is 7.12 Å². The fraction of sp³-hybridized carbons (Fsp3) is 0.600. The van der Waals surface area contributed by atoms with Crippen molar-refractivity contribution >= 4 is 12.7 Å². The first-order valence-corrected chi connectivity index (χ1v) is 9.07. The predicted octanol–water partition coefficient (Wildman–Crippen LogP) is 4.90. The molecule has 0 amide bonds. The minimum Gasteiger partial charge on any atom is -0.507 e. The smallest absolute Gasteiger partial charge is 0.507 e. The van der Waals surface area contributed by atoms with E-state index in [9.17, 15) is 5.11 Å². The molecular formula is C20H28BFO4. The zero-order valence-corrected chi connectivity index (χ0v) is 16.6. The molecule has 2 aliphatic heterocycles. The summed E-state index contributed by atoms with van der Waals surface area (Å²) in [6, 6.07) is 4.99. The average molecular weight is 362 g/mol. The van der Waals surface area contributed by atoms with E-state index < -0.39 is 24.0 Å². The molecule has 1 saturated heterocycles. The third-order valence-corrected chi connectivity index (χ3v) is 5.68. The highest BCUT2D eigenvalue weighted by atomic mass is 19.1. The second kappa shape index (κ2) is 5.99. The molecule has 0 aliphatic carbocycles. The molecule has 0 spiro atoms. The van der Waals surface area contributed by atoms with Gasteiger partial charge in [-0.1, -0.05) is 26.8 Å². The van der Waals surface area contributed by atoms with E-state index >= 15 is 4.39 Å². The Morgan fingerprint density at radius 3 is 2.27 bits per heavy atom. The van der Waals surface area contributed by atoms with Gasteiger partial charge in [-0.25, -0.2) is 4.39 Å². The van der Waals surface area contributed by atoms with Crippen molar-refractivity contribution in [1.82, 2.24) is 0 Å². The molecule has 6 heteroatoms. The second-order valence-electron chi connectivity index (χ2n) is 9.24. The molecule has 0 saturated carbocycles. The van der Waals surface area contributed by atoms with E-state index in [1.807, 2.05) is 27.7 Å². The number of phenols is 1. The number of benzene rings is 1. The van der Waals surface area contributed by atoms with Crippen molar-refractivity contribution in [3.05, 3.63) is 29.5 Å². The average Bonchev–Trinajstić information content (AvgIpc) is 2.73. The van der Waals surface area contributed by atoms with Crippen LogP contribution in [0, 0.1) is 5.41 Å². The number of hydrogen-bond donors (Lipinski definition) is 1. The Morgan fingerprint density at radius 2 is 1.73 bits per heavy atom. The van der Waals surface area contributed by atoms with Crippen LogP contribution in [0.3, 0.4) is 0 Å². The van der Waals surface area contributed by atoms with Crippen molar-refractivity contribution in [3.63, 3.8) is 0 Å². The number of aromatic hydroxyl groups is 1. The number of phenolic OH excluding ortho intramolecular Hbond substituents is 1. The van der Waals surface area contributed by atoms with E-state index in [1.165, 1.54) is 6.07 Å². The maximum absolute atomic E-state index is 15.6. The summed E-state index contributed by atoms with van der Waals surface area (Å²) in [7, 11) is -1.10. The van der Waals surface area contributed by atoms with E-state index in [1.54, 1.807) is 12.1 Å². The number of fused-ring (bicyclic) bond motifs is 1. The highest BCUT2D eigenvalue weighted by Gasteiger charge is 2.54. The Labute approximate surface area is 155 Å². The first-order chi connectivity index (χ1) is 11.8. The highest BCUT2D eigenvalue weighted by molar-refractivity contribution is 6.55. The summed E-state index contributed by atoms with van der Waals surface area (Å²) in [5.41, 5.74) is -1.17. The van der Waals surface area contributed by atoms with Crippen LogP contribution in [0.1, 0.15) is 60.5 Å². The van der Waals surface area contributed by atoms with Gasteiger partial charge in [-0.3, -0.25) is 0 Å². The van der Waals surface area contributed by atoms with Gasteiger partial charge in [-0.15, -0.1) is 0 Å². The molecule has 0 bridgehead atoms. The van der Waals surface area contributed by atoms with Crippen LogP contribution in [-0.2, 0) is 9.31 Å². The molecule has 1 atom stereocenters. The van der Waals surface area contributed by atoms with Gasteiger partial charge < -0.3 is 19.2 Å². The van der Waals surface area contributed by atoms with Crippen LogP contribution in [0.5, 0.6) is 11.5 Å². The van der Waals surface area contributed by atoms with E-state index in [2.05, 4.69) is 20.8 Å². The molecule has 1 aromatic carbocycles. The lowest BCUT2D eigenvalue weighted by atomic mass is 9.76. The standard InChI is InChI=1S/C20H28BFO4/c1-18(2,3)15-11-12(16-13(23)9-8-10-14(16)24-15)17(22)21-25-19(4,5)20(6,7)26-21/h8-10,15,23H,11H2,1-7H3. The first-order valence-electron chi connectivity index (χ1n) is 9.07. The van der Waals surface area contributed by atoms with Crippen LogP contribution >= 0.6 is 0 Å². The van der Waals surface area contributed by atoms with Crippen LogP contribution in [0.25, 0.3) is 5.57 Å². The van der Waals surface area contributed by atoms with Crippen LogP contribution in [0.2, 0.25) is 0 Å². The van der Waals surface area contributed by atoms with E-state index in [4.69, 9.17) is 14.0 Å². The second-order valence-corrected chi connectivity index (χ2v) is 9.24. The molecule has 3 rings (SSSR count). The van der Waals surface area contributed by atoms with Crippen LogP contribution < -0.4 is 4.74 Å². The third kappa shape index (κ3) is 3.14. The fourth-order valence-corrected chi connectivity index (χ4v) is 3.19. The lowest BCUT2D eigenvalue weighted by Gasteiger charge is -2.37. The van der Waals surface area contributed by atoms with Gasteiger partial charge in [-0.2, -0.15) is 0 Å². The Balaban J connectivity index is 2.09. The van der Waals surface area contributed by atoms with Crippen molar-refractivity contribution in [2.75, 3.05) is 0 Å². The Bertz CT molecular complexity index is 733. The number of hydrogen-bond acceptors (Lipinski definition) is 4. The normalized spacial score (nSPS) is 26.3. The summed E-state index contributed by atoms with van der Waals surface area (Å²) < 4.78 is 33.4. The summed E-state index contributed by atoms with van der Waals surface area (Å²) in [6.45, 7) is 13.7. The fourth-order valence-electron chi connectivity index (χ4n) is 3.19. The van der Waals surface area contributed by atoms with Crippen LogP contribution in [0.15, 0.2) is 23.9 Å². The van der Waals surface area contributed by atoms with Crippen molar-refractivity contribution in [3.8, 4) is 11.5 Å². The topological polar surface area (TPSA) is 47.9 Å². The molecule has 0 aromatic heterocycles. The van der Waals surface area contributed by atoms with Gasteiger partial charge in [0.05, 0.1) is 16.8 Å². The number of halogens is 1. The predicted molar refractivity (Wildman–Crippen MR) is 101 cm³/mol. The quantitative estimate of drug-likeness (QED) is 0.722. The van der Waals surface area contributed by atoms with E-state index in [0.717, 1.165) is 0 Å². The van der Waals surface area contributed by atoms with E-state index in [0.29, 0.717) is 23.3 Å². The van der Waals surface area contributed by atoms with Crippen molar-refractivity contribution in [2.45, 2.75) is 72.2 Å². The zero-order valence-electron chi connectivity index (χ0n) is 16.6. The molecule has 142 valence electrons. The molecule has 26 heavy (non-hydrogen) atoms. The van der Waals surface area contributed by atoms with Gasteiger partial charge in [0.25, 0.3) is 0 Å². The van der Waals surface area contributed by atoms with Crippen molar-refractivity contribution in [2.24, 2.45) is 5.41 Å². The Hall–Kier alpha value is -1.53. The summed E-state index contributed by atoms with van der Waals surface area (Å²) in [5, 5.41) is 10.4. The molecule has 1 N–H and O–H groups in total. The summed E-state index contributed by atoms with van der Waals surface area (Å²) >= 11 is 0. The largest absolute Gasteiger partial charge is 0.525 e. The molecule has 1 aromatic rings. The summed E-state index contributed by atoms with van der Waals surface area (Å²) in [6.07, 6.45) is 0.115. The summed E-state index contributed by atoms with van der Waals surface area (Å²) in [4.78, 5) is 0. The van der Waals surface area contributed by atoms with Crippen LogP contribution in [0.4, 0.5) is 4.39 Å². The molecular weight excluding hydrogens is 334 g/mol. The first kappa shape index (κ1) is 19.2. The number of rotatable bonds is 1. The monoisotopic (exact) mass is 362 g/mol. The lowest BCUT2D eigenvalue weighted by molar-refractivity contribution is 0.00578. The van der Waals surface area contributed by atoms with Gasteiger partial charge in [0.2, 0.25) is 0 Å². The maximum Gasteiger partial charge on any atom is 0.525 e. The minimum absolute atomic E-state index is 0.00322. The molecule has 0 radical (unpaired) electrons. The molecule has 2 heterocycles. The molecule has 1 unspecified atom stereocenters. The Morgan fingerprint density at radius 1 is 1.15 bits per heavy atom. The third-order valence-electron chi connectivity index (χ3n) is 5.68. The molecule has 4 nitrogen and oxygen atoms in total. The molecule has 1 fully saturated rings. The Kier molecular flexibility index (Phi) is 4.44. The minimum atomic E-state index is -1.10. The van der Waals surface area contributed by atoms with Gasteiger partial charge in [0, 0.05) is 6.42 Å². The zero-order chi connectivity index (χ0) is 19.5.